The number of hydrogen-bond acceptors (Lipinski definition) is 3. The summed E-state index contributed by atoms with van der Waals surface area (Å²) in [5, 5.41) is 0. The molecular formula is C14H22N2O. The molecule has 1 atom stereocenters. The fourth-order valence-corrected chi connectivity index (χ4v) is 2.53. The molecule has 2 rings (SSSR count). The summed E-state index contributed by atoms with van der Waals surface area (Å²) >= 11 is 0. The zero-order valence-corrected chi connectivity index (χ0v) is 10.6. The van der Waals surface area contributed by atoms with Crippen LogP contribution in [0.25, 0.3) is 0 Å². The Bertz CT molecular complexity index is 348. The van der Waals surface area contributed by atoms with Crippen molar-refractivity contribution in [3.63, 3.8) is 0 Å². The summed E-state index contributed by atoms with van der Waals surface area (Å²) in [6, 6.07) is 8.68. The maximum atomic E-state index is 5.93. The van der Waals surface area contributed by atoms with Crippen LogP contribution in [0.5, 0.6) is 5.75 Å². The highest BCUT2D eigenvalue weighted by molar-refractivity contribution is 5.31. The van der Waals surface area contributed by atoms with E-state index in [1.54, 1.807) is 0 Å². The second kappa shape index (κ2) is 6.03. The van der Waals surface area contributed by atoms with Gasteiger partial charge in [-0.3, -0.25) is 4.90 Å². The summed E-state index contributed by atoms with van der Waals surface area (Å²) in [7, 11) is 0. The van der Waals surface area contributed by atoms with E-state index >= 15 is 0 Å². The van der Waals surface area contributed by atoms with Crippen LogP contribution >= 0.6 is 0 Å². The van der Waals surface area contributed by atoms with E-state index in [4.69, 9.17) is 10.5 Å². The van der Waals surface area contributed by atoms with Crippen LogP contribution in [0.2, 0.25) is 0 Å². The summed E-state index contributed by atoms with van der Waals surface area (Å²) < 4.78 is 5.54. The van der Waals surface area contributed by atoms with Crippen LogP contribution in [0.4, 0.5) is 0 Å². The lowest BCUT2D eigenvalue weighted by molar-refractivity contribution is 0.250. The minimum atomic E-state index is 0.345. The van der Waals surface area contributed by atoms with Gasteiger partial charge in [0.15, 0.2) is 0 Å². The van der Waals surface area contributed by atoms with E-state index < -0.39 is 0 Å². The number of hydrogen-bond donors (Lipinski definition) is 1. The zero-order valence-electron chi connectivity index (χ0n) is 10.6. The molecule has 0 radical (unpaired) electrons. The van der Waals surface area contributed by atoms with Crippen LogP contribution in [0.15, 0.2) is 24.3 Å². The Kier molecular flexibility index (Phi) is 4.40. The molecule has 0 bridgehead atoms. The molecule has 1 fully saturated rings. The molecule has 3 nitrogen and oxygen atoms in total. The molecule has 1 saturated heterocycles. The van der Waals surface area contributed by atoms with Gasteiger partial charge in [0, 0.05) is 12.6 Å². The lowest BCUT2D eigenvalue weighted by atomic mass is 10.1. The Morgan fingerprint density at radius 1 is 1.35 bits per heavy atom. The minimum absolute atomic E-state index is 0.345. The fourth-order valence-electron chi connectivity index (χ4n) is 2.53. The second-order valence-electron chi connectivity index (χ2n) is 4.50. The van der Waals surface area contributed by atoms with Crippen molar-refractivity contribution in [1.82, 2.24) is 4.90 Å². The van der Waals surface area contributed by atoms with Gasteiger partial charge in [-0.05, 0) is 50.6 Å². The van der Waals surface area contributed by atoms with Crippen molar-refractivity contribution in [2.45, 2.75) is 25.8 Å². The average Bonchev–Trinajstić information content (AvgIpc) is 2.85. The molecule has 0 spiro atoms. The van der Waals surface area contributed by atoms with Crippen molar-refractivity contribution >= 4 is 0 Å². The van der Waals surface area contributed by atoms with Crippen molar-refractivity contribution in [1.29, 1.82) is 0 Å². The lowest BCUT2D eigenvalue weighted by Gasteiger charge is -2.26. The van der Waals surface area contributed by atoms with E-state index in [1.165, 1.54) is 31.5 Å². The molecule has 1 unspecified atom stereocenters. The van der Waals surface area contributed by atoms with Gasteiger partial charge in [-0.2, -0.15) is 0 Å². The summed E-state index contributed by atoms with van der Waals surface area (Å²) in [6.07, 6.45) is 2.59. The summed E-state index contributed by atoms with van der Waals surface area (Å²) in [6.45, 7) is 5.73. The quantitative estimate of drug-likeness (QED) is 0.848. The average molecular weight is 234 g/mol. The van der Waals surface area contributed by atoms with Crippen LogP contribution < -0.4 is 10.5 Å². The fraction of sp³-hybridized carbons (Fsp3) is 0.571. The number of nitrogens with zero attached hydrogens (tertiary/aromatic N) is 1. The van der Waals surface area contributed by atoms with Gasteiger partial charge in [-0.1, -0.05) is 12.1 Å². The predicted molar refractivity (Wildman–Crippen MR) is 70.2 cm³/mol. The molecule has 1 heterocycles. The lowest BCUT2D eigenvalue weighted by Crippen LogP contribution is -2.31. The van der Waals surface area contributed by atoms with Gasteiger partial charge in [-0.25, -0.2) is 0 Å². The standard InChI is InChI=1S/C14H22N2O/c1-2-17-13-7-5-6-12(10-13)14(11-15)16-8-3-4-9-16/h5-7,10,14H,2-4,8-9,11,15H2,1H3. The molecule has 1 aromatic rings. The van der Waals surface area contributed by atoms with Crippen molar-refractivity contribution in [2.24, 2.45) is 5.73 Å². The molecule has 0 aromatic heterocycles. The Balaban J connectivity index is 2.14. The van der Waals surface area contributed by atoms with Gasteiger partial charge in [-0.15, -0.1) is 0 Å². The number of rotatable bonds is 5. The summed E-state index contributed by atoms with van der Waals surface area (Å²) in [4.78, 5) is 2.48. The molecule has 17 heavy (non-hydrogen) atoms. The molecule has 1 aliphatic rings. The van der Waals surface area contributed by atoms with E-state index in [0.717, 1.165) is 5.75 Å². The van der Waals surface area contributed by atoms with Gasteiger partial charge in [0.1, 0.15) is 5.75 Å². The maximum Gasteiger partial charge on any atom is 0.119 e. The third-order valence-corrected chi connectivity index (χ3v) is 3.36. The first-order valence-corrected chi connectivity index (χ1v) is 6.52. The molecule has 0 aliphatic carbocycles. The van der Waals surface area contributed by atoms with Gasteiger partial charge in [0.25, 0.3) is 0 Å². The molecule has 1 aliphatic heterocycles. The van der Waals surface area contributed by atoms with E-state index in [-0.39, 0.29) is 0 Å². The van der Waals surface area contributed by atoms with Crippen molar-refractivity contribution in [3.8, 4) is 5.75 Å². The molecule has 94 valence electrons. The van der Waals surface area contributed by atoms with Gasteiger partial charge in [0.05, 0.1) is 6.61 Å². The molecule has 3 heteroatoms. The summed E-state index contributed by atoms with van der Waals surface area (Å²) in [5.41, 5.74) is 7.20. The largest absolute Gasteiger partial charge is 0.494 e. The van der Waals surface area contributed by atoms with E-state index in [9.17, 15) is 0 Å². The van der Waals surface area contributed by atoms with Crippen molar-refractivity contribution < 1.29 is 4.74 Å². The van der Waals surface area contributed by atoms with Gasteiger partial charge < -0.3 is 10.5 Å². The molecule has 0 amide bonds. The highest BCUT2D eigenvalue weighted by Gasteiger charge is 2.22. The van der Waals surface area contributed by atoms with E-state index in [2.05, 4.69) is 23.1 Å². The number of ether oxygens (including phenoxy) is 1. The normalized spacial score (nSPS) is 18.2. The molecule has 2 N–H and O–H groups in total. The Hall–Kier alpha value is -1.06. The van der Waals surface area contributed by atoms with Crippen molar-refractivity contribution in [3.05, 3.63) is 29.8 Å². The highest BCUT2D eigenvalue weighted by Crippen LogP contribution is 2.26. The monoisotopic (exact) mass is 234 g/mol. The molecular weight excluding hydrogens is 212 g/mol. The van der Waals surface area contributed by atoms with E-state index in [0.29, 0.717) is 19.2 Å². The third-order valence-electron chi connectivity index (χ3n) is 3.36. The Labute approximate surface area is 104 Å². The van der Waals surface area contributed by atoms with Crippen LogP contribution in [0.3, 0.4) is 0 Å². The van der Waals surface area contributed by atoms with Gasteiger partial charge >= 0.3 is 0 Å². The minimum Gasteiger partial charge on any atom is -0.494 e. The van der Waals surface area contributed by atoms with Crippen LogP contribution in [-0.4, -0.2) is 31.1 Å². The zero-order chi connectivity index (χ0) is 12.1. The SMILES string of the molecule is CCOc1cccc(C(CN)N2CCCC2)c1. The molecule has 1 aromatic carbocycles. The number of nitrogens with two attached hydrogens (primary N) is 1. The smallest absolute Gasteiger partial charge is 0.119 e. The van der Waals surface area contributed by atoms with Gasteiger partial charge in [0.2, 0.25) is 0 Å². The second-order valence-corrected chi connectivity index (χ2v) is 4.50. The Morgan fingerprint density at radius 2 is 2.12 bits per heavy atom. The first kappa shape index (κ1) is 12.4. The number of benzene rings is 1. The summed E-state index contributed by atoms with van der Waals surface area (Å²) in [5.74, 6) is 0.947. The Morgan fingerprint density at radius 3 is 2.76 bits per heavy atom. The molecule has 0 saturated carbocycles. The third kappa shape index (κ3) is 2.99. The predicted octanol–water partition coefficient (Wildman–Crippen LogP) is 2.18. The highest BCUT2D eigenvalue weighted by atomic mass is 16.5. The van der Waals surface area contributed by atoms with Crippen LogP contribution in [0, 0.1) is 0 Å². The number of likely N-dealkylation sites (tertiary alicyclic amines) is 1. The first-order chi connectivity index (χ1) is 8.35. The maximum absolute atomic E-state index is 5.93. The van der Waals surface area contributed by atoms with Crippen LogP contribution in [0.1, 0.15) is 31.4 Å². The topological polar surface area (TPSA) is 38.5 Å². The van der Waals surface area contributed by atoms with Crippen molar-refractivity contribution in [2.75, 3.05) is 26.2 Å². The van der Waals surface area contributed by atoms with Crippen LogP contribution in [-0.2, 0) is 0 Å². The first-order valence-electron chi connectivity index (χ1n) is 6.52. The van der Waals surface area contributed by atoms with E-state index in [1.807, 2.05) is 13.0 Å².